The summed E-state index contributed by atoms with van der Waals surface area (Å²) in [5, 5.41) is 12.8. The molecular formula is C21H27NO5S. The van der Waals surface area contributed by atoms with Crippen molar-refractivity contribution in [3.63, 3.8) is 0 Å². The molecule has 0 aromatic carbocycles. The SMILES string of the molecule is CC1CCc2c(sc(NC(=O)C3CC=CCC3C(=O)O)c2C(=O)OC(C)C)C1. The van der Waals surface area contributed by atoms with E-state index in [-0.39, 0.29) is 12.0 Å². The van der Waals surface area contributed by atoms with Crippen LogP contribution in [0.2, 0.25) is 0 Å². The van der Waals surface area contributed by atoms with E-state index >= 15 is 0 Å². The third kappa shape index (κ3) is 4.29. The number of rotatable bonds is 5. The molecule has 0 saturated carbocycles. The fourth-order valence-corrected chi connectivity index (χ4v) is 5.31. The summed E-state index contributed by atoms with van der Waals surface area (Å²) in [6, 6.07) is 0. The third-order valence-electron chi connectivity index (χ3n) is 5.38. The molecule has 0 bridgehead atoms. The Morgan fingerprint density at radius 3 is 2.54 bits per heavy atom. The van der Waals surface area contributed by atoms with Gasteiger partial charge in [0.15, 0.2) is 0 Å². The van der Waals surface area contributed by atoms with Gasteiger partial charge in [0.1, 0.15) is 5.00 Å². The van der Waals surface area contributed by atoms with Crippen LogP contribution in [0.3, 0.4) is 0 Å². The molecule has 2 N–H and O–H groups in total. The van der Waals surface area contributed by atoms with Crippen molar-refractivity contribution in [3.8, 4) is 0 Å². The maximum absolute atomic E-state index is 12.9. The Morgan fingerprint density at radius 2 is 1.89 bits per heavy atom. The molecule has 0 saturated heterocycles. The van der Waals surface area contributed by atoms with E-state index in [1.54, 1.807) is 19.9 Å². The number of carbonyl (C=O) groups excluding carboxylic acids is 2. The lowest BCUT2D eigenvalue weighted by atomic mass is 9.82. The predicted octanol–water partition coefficient (Wildman–Crippen LogP) is 4.04. The van der Waals surface area contributed by atoms with Crippen LogP contribution in [0.25, 0.3) is 0 Å². The van der Waals surface area contributed by atoms with Gasteiger partial charge in [-0.25, -0.2) is 4.79 Å². The Labute approximate surface area is 169 Å². The van der Waals surface area contributed by atoms with Gasteiger partial charge in [0, 0.05) is 4.88 Å². The number of carboxylic acids is 1. The number of fused-ring (bicyclic) bond motifs is 1. The molecule has 2 aliphatic carbocycles. The van der Waals surface area contributed by atoms with Gasteiger partial charge in [0.05, 0.1) is 23.5 Å². The minimum atomic E-state index is -0.969. The summed E-state index contributed by atoms with van der Waals surface area (Å²) in [7, 11) is 0. The Balaban J connectivity index is 1.90. The molecule has 3 rings (SSSR count). The van der Waals surface area contributed by atoms with Crippen LogP contribution >= 0.6 is 11.3 Å². The van der Waals surface area contributed by atoms with Crippen molar-refractivity contribution in [2.75, 3.05) is 5.32 Å². The first kappa shape index (κ1) is 20.6. The molecule has 1 heterocycles. The summed E-state index contributed by atoms with van der Waals surface area (Å²) in [6.07, 6.45) is 6.78. The number of aliphatic carboxylic acids is 1. The standard InChI is InChI=1S/C21H27NO5S/c1-11(2)27-21(26)17-15-9-8-12(3)10-16(15)28-19(17)22-18(23)13-6-4-5-7-14(13)20(24)25/h4-5,11-14H,6-10H2,1-3H3,(H,22,23)(H,24,25). The zero-order chi connectivity index (χ0) is 20.4. The van der Waals surface area contributed by atoms with Crippen LogP contribution in [0.1, 0.15) is 60.8 Å². The van der Waals surface area contributed by atoms with Crippen LogP contribution in [-0.4, -0.2) is 29.1 Å². The average Bonchev–Trinajstić information content (AvgIpc) is 2.97. The Hall–Kier alpha value is -2.15. The number of allylic oxidation sites excluding steroid dienone is 2. The summed E-state index contributed by atoms with van der Waals surface area (Å²) in [5.74, 6) is -2.59. The topological polar surface area (TPSA) is 92.7 Å². The number of anilines is 1. The van der Waals surface area contributed by atoms with Crippen LogP contribution in [0, 0.1) is 17.8 Å². The van der Waals surface area contributed by atoms with E-state index in [0.29, 0.717) is 29.3 Å². The molecule has 6 nitrogen and oxygen atoms in total. The Bertz CT molecular complexity index is 810. The van der Waals surface area contributed by atoms with Gasteiger partial charge in [-0.05, 0) is 57.4 Å². The number of thiophene rings is 1. The quantitative estimate of drug-likeness (QED) is 0.570. The minimum absolute atomic E-state index is 0.256. The van der Waals surface area contributed by atoms with E-state index in [1.165, 1.54) is 11.3 Å². The van der Waals surface area contributed by atoms with Gasteiger partial charge in [-0.3, -0.25) is 9.59 Å². The number of ether oxygens (including phenoxy) is 1. The molecular weight excluding hydrogens is 378 g/mol. The summed E-state index contributed by atoms with van der Waals surface area (Å²) in [6.45, 7) is 5.77. The van der Waals surface area contributed by atoms with E-state index < -0.39 is 23.8 Å². The average molecular weight is 406 g/mol. The van der Waals surface area contributed by atoms with Crippen molar-refractivity contribution in [1.82, 2.24) is 0 Å². The van der Waals surface area contributed by atoms with Gasteiger partial charge in [0.2, 0.25) is 5.91 Å². The predicted molar refractivity (Wildman–Crippen MR) is 108 cm³/mol. The second-order valence-electron chi connectivity index (χ2n) is 7.99. The summed E-state index contributed by atoms with van der Waals surface area (Å²) in [4.78, 5) is 38.3. The number of amides is 1. The molecule has 3 unspecified atom stereocenters. The van der Waals surface area contributed by atoms with E-state index in [9.17, 15) is 19.5 Å². The van der Waals surface area contributed by atoms with Crippen LogP contribution in [0.4, 0.5) is 5.00 Å². The smallest absolute Gasteiger partial charge is 0.341 e. The van der Waals surface area contributed by atoms with Gasteiger partial charge < -0.3 is 15.2 Å². The van der Waals surface area contributed by atoms with Gasteiger partial charge in [-0.1, -0.05) is 19.1 Å². The van der Waals surface area contributed by atoms with E-state index in [4.69, 9.17) is 4.74 Å². The highest BCUT2D eigenvalue weighted by atomic mass is 32.1. The van der Waals surface area contributed by atoms with Crippen molar-refractivity contribution in [3.05, 3.63) is 28.2 Å². The number of hydrogen-bond acceptors (Lipinski definition) is 5. The molecule has 0 spiro atoms. The second-order valence-corrected chi connectivity index (χ2v) is 9.10. The van der Waals surface area contributed by atoms with Crippen molar-refractivity contribution >= 4 is 34.2 Å². The highest BCUT2D eigenvalue weighted by molar-refractivity contribution is 7.17. The molecule has 28 heavy (non-hydrogen) atoms. The van der Waals surface area contributed by atoms with Gasteiger partial charge >= 0.3 is 11.9 Å². The van der Waals surface area contributed by atoms with Crippen molar-refractivity contribution in [2.24, 2.45) is 17.8 Å². The fraction of sp³-hybridized carbons (Fsp3) is 0.571. The number of hydrogen-bond donors (Lipinski definition) is 2. The molecule has 1 aromatic rings. The van der Waals surface area contributed by atoms with E-state index in [1.807, 2.05) is 6.08 Å². The second kappa shape index (κ2) is 8.47. The number of nitrogens with one attached hydrogen (secondary N) is 1. The minimum Gasteiger partial charge on any atom is -0.481 e. The molecule has 0 fully saturated rings. The molecule has 152 valence electrons. The highest BCUT2D eigenvalue weighted by Crippen LogP contribution is 2.41. The zero-order valence-corrected chi connectivity index (χ0v) is 17.3. The molecule has 2 aliphatic rings. The first-order valence-electron chi connectivity index (χ1n) is 9.82. The van der Waals surface area contributed by atoms with Gasteiger partial charge in [0.25, 0.3) is 0 Å². The number of carbonyl (C=O) groups is 3. The van der Waals surface area contributed by atoms with E-state index in [0.717, 1.165) is 29.7 Å². The van der Waals surface area contributed by atoms with Crippen LogP contribution in [-0.2, 0) is 27.2 Å². The van der Waals surface area contributed by atoms with Crippen LogP contribution < -0.4 is 5.32 Å². The largest absolute Gasteiger partial charge is 0.481 e. The van der Waals surface area contributed by atoms with Crippen LogP contribution in [0.5, 0.6) is 0 Å². The van der Waals surface area contributed by atoms with Crippen molar-refractivity contribution in [2.45, 2.75) is 59.0 Å². The molecule has 1 aromatic heterocycles. The molecule has 0 radical (unpaired) electrons. The fourth-order valence-electron chi connectivity index (χ4n) is 3.91. The maximum Gasteiger partial charge on any atom is 0.341 e. The summed E-state index contributed by atoms with van der Waals surface area (Å²) >= 11 is 1.42. The van der Waals surface area contributed by atoms with Crippen molar-refractivity contribution < 1.29 is 24.2 Å². The van der Waals surface area contributed by atoms with Gasteiger partial charge in [-0.15, -0.1) is 11.3 Å². The molecule has 3 atom stereocenters. The van der Waals surface area contributed by atoms with Crippen LogP contribution in [0.15, 0.2) is 12.2 Å². The van der Waals surface area contributed by atoms with Gasteiger partial charge in [-0.2, -0.15) is 0 Å². The number of carboxylic acid groups (broad SMARTS) is 1. The molecule has 7 heteroatoms. The highest BCUT2D eigenvalue weighted by Gasteiger charge is 2.36. The summed E-state index contributed by atoms with van der Waals surface area (Å²) in [5.41, 5.74) is 1.43. The first-order valence-corrected chi connectivity index (χ1v) is 10.6. The lowest BCUT2D eigenvalue weighted by molar-refractivity contribution is -0.146. The third-order valence-corrected chi connectivity index (χ3v) is 6.55. The Morgan fingerprint density at radius 1 is 1.21 bits per heavy atom. The normalized spacial score (nSPS) is 23.9. The first-order chi connectivity index (χ1) is 13.3. The monoisotopic (exact) mass is 405 g/mol. The zero-order valence-electron chi connectivity index (χ0n) is 16.5. The lowest BCUT2D eigenvalue weighted by Crippen LogP contribution is -2.34. The number of esters is 1. The maximum atomic E-state index is 12.9. The van der Waals surface area contributed by atoms with E-state index in [2.05, 4.69) is 12.2 Å². The molecule has 1 amide bonds. The molecule has 0 aliphatic heterocycles. The van der Waals surface area contributed by atoms with Crippen molar-refractivity contribution in [1.29, 1.82) is 0 Å². The Kier molecular flexibility index (Phi) is 6.23. The lowest BCUT2D eigenvalue weighted by Gasteiger charge is -2.24. The summed E-state index contributed by atoms with van der Waals surface area (Å²) < 4.78 is 5.43.